The number of nitrogens with zero attached hydrogens (tertiary/aromatic N) is 6. The molecular weight excluding hydrogens is 402 g/mol. The Morgan fingerprint density at radius 1 is 1.06 bits per heavy atom. The van der Waals surface area contributed by atoms with Gasteiger partial charge in [-0.15, -0.1) is 10.2 Å². The number of rotatable bonds is 4. The zero-order valence-electron chi connectivity index (χ0n) is 17.9. The van der Waals surface area contributed by atoms with Crippen LogP contribution < -0.4 is 10.2 Å². The minimum absolute atomic E-state index is 0.157. The highest BCUT2D eigenvalue weighted by atomic mass is 16.3. The van der Waals surface area contributed by atoms with Crippen LogP contribution in [0.2, 0.25) is 0 Å². The lowest BCUT2D eigenvalue weighted by Gasteiger charge is -2.33. The Labute approximate surface area is 186 Å². The van der Waals surface area contributed by atoms with E-state index in [-0.39, 0.29) is 5.75 Å². The largest absolute Gasteiger partial charge is 0.507 e. The summed E-state index contributed by atoms with van der Waals surface area (Å²) in [5, 5.41) is 23.0. The van der Waals surface area contributed by atoms with Crippen LogP contribution in [0.25, 0.3) is 27.9 Å². The van der Waals surface area contributed by atoms with Crippen LogP contribution in [0.5, 0.6) is 5.75 Å². The van der Waals surface area contributed by atoms with Crippen LogP contribution >= 0.6 is 0 Å². The first-order chi connectivity index (χ1) is 15.7. The number of imidazole rings is 1. The number of phenols is 1. The molecule has 0 amide bonds. The lowest BCUT2D eigenvalue weighted by Crippen LogP contribution is -2.52. The summed E-state index contributed by atoms with van der Waals surface area (Å²) >= 11 is 0. The van der Waals surface area contributed by atoms with Crippen LogP contribution in [0.1, 0.15) is 18.5 Å². The Hall–Kier alpha value is -3.52. The van der Waals surface area contributed by atoms with Crippen LogP contribution in [-0.2, 0) is 0 Å². The maximum atomic E-state index is 10.7. The first-order valence-electron chi connectivity index (χ1n) is 11.1. The molecule has 1 aromatic carbocycles. The summed E-state index contributed by atoms with van der Waals surface area (Å²) < 4.78 is 1.99. The zero-order valence-corrected chi connectivity index (χ0v) is 17.9. The van der Waals surface area contributed by atoms with Gasteiger partial charge in [0.25, 0.3) is 0 Å². The molecule has 8 heteroatoms. The van der Waals surface area contributed by atoms with Crippen molar-refractivity contribution in [1.82, 2.24) is 29.9 Å². The van der Waals surface area contributed by atoms with Gasteiger partial charge < -0.3 is 19.7 Å². The summed E-state index contributed by atoms with van der Waals surface area (Å²) in [6.45, 7) is 4.74. The van der Waals surface area contributed by atoms with Crippen molar-refractivity contribution in [2.75, 3.05) is 24.5 Å². The third kappa shape index (κ3) is 3.46. The van der Waals surface area contributed by atoms with E-state index in [1.165, 1.54) is 12.8 Å². The third-order valence-electron chi connectivity index (χ3n) is 6.56. The first-order valence-corrected chi connectivity index (χ1v) is 11.1. The number of hydrogen-bond donors (Lipinski definition) is 2. The van der Waals surface area contributed by atoms with Crippen LogP contribution in [0.15, 0.2) is 49.1 Å². The van der Waals surface area contributed by atoms with Crippen molar-refractivity contribution >= 4 is 11.5 Å². The van der Waals surface area contributed by atoms with Gasteiger partial charge >= 0.3 is 0 Å². The fraction of sp³-hybridized carbons (Fsp3) is 0.333. The average molecular weight is 428 g/mol. The highest BCUT2D eigenvalue weighted by Crippen LogP contribution is 2.35. The number of hydrogen-bond acceptors (Lipinski definition) is 7. The molecule has 0 bridgehead atoms. The lowest BCUT2D eigenvalue weighted by molar-refractivity contribution is 0.414. The summed E-state index contributed by atoms with van der Waals surface area (Å²) in [4.78, 5) is 11.1. The fourth-order valence-electron chi connectivity index (χ4n) is 4.55. The molecule has 32 heavy (non-hydrogen) atoms. The van der Waals surface area contributed by atoms with E-state index in [2.05, 4.69) is 30.4 Å². The maximum Gasteiger partial charge on any atom is 0.245 e. The van der Waals surface area contributed by atoms with E-state index >= 15 is 0 Å². The summed E-state index contributed by atoms with van der Waals surface area (Å²) in [6.07, 6.45) is 8.15. The number of piperazine rings is 1. The van der Waals surface area contributed by atoms with Crippen LogP contribution in [0.4, 0.5) is 5.95 Å². The molecule has 6 rings (SSSR count). The summed E-state index contributed by atoms with van der Waals surface area (Å²) in [7, 11) is 0. The van der Waals surface area contributed by atoms with Crippen molar-refractivity contribution in [3.8, 4) is 28.1 Å². The molecule has 4 heterocycles. The van der Waals surface area contributed by atoms with Gasteiger partial charge in [0.05, 0.1) is 23.7 Å². The molecule has 2 fully saturated rings. The SMILES string of the molecule is Cc1ncn2cc(-c3ccc(-c4cnc(N5CCNC(C6CC6)C5)nn4)c(O)c3)ccc12. The molecule has 4 aromatic rings. The standard InChI is InChI=1S/C24H25N7O/c1-15-22-7-5-18(12-31(22)14-27-15)17-4-6-19(23(32)10-17)20-11-26-24(29-28-20)30-9-8-25-21(13-30)16-2-3-16/h4-7,10-12,14,16,21,25,32H,2-3,8-9,13H2,1H3. The molecule has 2 aliphatic rings. The van der Waals surface area contributed by atoms with E-state index < -0.39 is 0 Å². The Kier molecular flexibility index (Phi) is 4.53. The van der Waals surface area contributed by atoms with Gasteiger partial charge in [0.1, 0.15) is 11.4 Å². The monoisotopic (exact) mass is 427 g/mol. The molecule has 2 N–H and O–H groups in total. The van der Waals surface area contributed by atoms with Crippen LogP contribution in [-0.4, -0.2) is 55.3 Å². The number of pyridine rings is 1. The number of fused-ring (bicyclic) bond motifs is 1. The van der Waals surface area contributed by atoms with Gasteiger partial charge in [0.2, 0.25) is 5.95 Å². The number of benzene rings is 1. The van der Waals surface area contributed by atoms with Gasteiger partial charge in [-0.2, -0.15) is 0 Å². The van der Waals surface area contributed by atoms with Crippen molar-refractivity contribution in [2.45, 2.75) is 25.8 Å². The van der Waals surface area contributed by atoms with Crippen LogP contribution in [0.3, 0.4) is 0 Å². The predicted octanol–water partition coefficient (Wildman–Crippen LogP) is 3.06. The van der Waals surface area contributed by atoms with Gasteiger partial charge in [-0.3, -0.25) is 0 Å². The third-order valence-corrected chi connectivity index (χ3v) is 6.56. The highest BCUT2D eigenvalue weighted by Gasteiger charge is 2.34. The second-order valence-corrected chi connectivity index (χ2v) is 8.76. The van der Waals surface area contributed by atoms with E-state index in [4.69, 9.17) is 0 Å². The number of aromatic hydroxyl groups is 1. The zero-order chi connectivity index (χ0) is 21.7. The molecule has 1 unspecified atom stereocenters. The van der Waals surface area contributed by atoms with E-state index in [0.29, 0.717) is 23.2 Å². The van der Waals surface area contributed by atoms with Crippen molar-refractivity contribution in [1.29, 1.82) is 0 Å². The Morgan fingerprint density at radius 3 is 2.72 bits per heavy atom. The average Bonchev–Trinajstić information content (AvgIpc) is 3.62. The second kappa shape index (κ2) is 7.56. The smallest absolute Gasteiger partial charge is 0.245 e. The highest BCUT2D eigenvalue weighted by molar-refractivity contribution is 5.74. The molecule has 0 spiro atoms. The van der Waals surface area contributed by atoms with Gasteiger partial charge in [-0.05, 0) is 55.0 Å². The number of anilines is 1. The van der Waals surface area contributed by atoms with Gasteiger partial charge in [-0.25, -0.2) is 9.97 Å². The molecule has 1 saturated carbocycles. The summed E-state index contributed by atoms with van der Waals surface area (Å²) in [5.41, 5.74) is 5.17. The maximum absolute atomic E-state index is 10.7. The molecule has 1 aliphatic carbocycles. The van der Waals surface area contributed by atoms with Gasteiger partial charge in [0, 0.05) is 37.4 Å². The van der Waals surface area contributed by atoms with Crippen LogP contribution in [0, 0.1) is 12.8 Å². The molecule has 3 aromatic heterocycles. The minimum Gasteiger partial charge on any atom is -0.507 e. The number of aromatic nitrogens is 5. The minimum atomic E-state index is 0.157. The van der Waals surface area contributed by atoms with E-state index in [9.17, 15) is 5.11 Å². The molecule has 0 radical (unpaired) electrons. The quantitative estimate of drug-likeness (QED) is 0.517. The molecule has 1 saturated heterocycles. The van der Waals surface area contributed by atoms with Crippen molar-refractivity contribution in [3.05, 3.63) is 54.7 Å². The second-order valence-electron chi connectivity index (χ2n) is 8.76. The first kappa shape index (κ1) is 19.2. The number of aryl methyl sites for hydroxylation is 1. The Morgan fingerprint density at radius 2 is 1.94 bits per heavy atom. The van der Waals surface area contributed by atoms with E-state index in [0.717, 1.165) is 47.9 Å². The van der Waals surface area contributed by atoms with E-state index in [1.807, 2.05) is 41.8 Å². The number of nitrogens with one attached hydrogen (secondary N) is 1. The summed E-state index contributed by atoms with van der Waals surface area (Å²) in [5.74, 6) is 1.60. The van der Waals surface area contributed by atoms with Crippen molar-refractivity contribution in [2.24, 2.45) is 5.92 Å². The molecule has 1 aliphatic heterocycles. The fourth-order valence-corrected chi connectivity index (χ4v) is 4.55. The van der Waals surface area contributed by atoms with E-state index in [1.54, 1.807) is 18.6 Å². The normalized spacial score (nSPS) is 18.9. The van der Waals surface area contributed by atoms with Gasteiger partial charge in [0.15, 0.2) is 0 Å². The Bertz CT molecular complexity index is 1280. The predicted molar refractivity (Wildman–Crippen MR) is 123 cm³/mol. The van der Waals surface area contributed by atoms with Crippen molar-refractivity contribution < 1.29 is 5.11 Å². The molecule has 8 nitrogen and oxygen atoms in total. The summed E-state index contributed by atoms with van der Waals surface area (Å²) in [6, 6.07) is 10.2. The molecule has 1 atom stereocenters. The number of phenolic OH excluding ortho intramolecular Hbond substituents is 1. The van der Waals surface area contributed by atoms with Gasteiger partial charge in [-0.1, -0.05) is 12.1 Å². The topological polar surface area (TPSA) is 91.5 Å². The lowest BCUT2D eigenvalue weighted by atomic mass is 10.0. The van der Waals surface area contributed by atoms with Crippen molar-refractivity contribution in [3.63, 3.8) is 0 Å². The molecule has 162 valence electrons. The molecular formula is C24H25N7O. The Balaban J connectivity index is 1.23.